The Balaban J connectivity index is 2.13. The lowest BCUT2D eigenvalue weighted by atomic mass is 9.86. The number of hydrogen-bond donors (Lipinski definition) is 0. The molecule has 0 N–H and O–H groups in total. The van der Waals surface area contributed by atoms with Gasteiger partial charge in [0.15, 0.2) is 11.1 Å². The first-order chi connectivity index (χ1) is 7.33. The number of aryl methyl sites for hydroxylation is 1. The number of benzene rings is 1. The summed E-state index contributed by atoms with van der Waals surface area (Å²) >= 11 is 0. The van der Waals surface area contributed by atoms with Crippen LogP contribution in [0.15, 0.2) is 29.9 Å². The van der Waals surface area contributed by atoms with Gasteiger partial charge in [0, 0.05) is 11.1 Å². The van der Waals surface area contributed by atoms with Crippen molar-refractivity contribution in [1.82, 2.24) is 0 Å². The van der Waals surface area contributed by atoms with Crippen molar-refractivity contribution in [3.8, 4) is 0 Å². The van der Waals surface area contributed by atoms with Crippen molar-refractivity contribution in [2.24, 2.45) is 0 Å². The van der Waals surface area contributed by atoms with E-state index in [1.807, 2.05) is 0 Å². The van der Waals surface area contributed by atoms with Crippen LogP contribution in [0, 0.1) is 12.8 Å². The zero-order chi connectivity index (χ0) is 10.3. The molecule has 0 heterocycles. The molecule has 3 rings (SSSR count). The number of fused-ring (bicyclic) bond motifs is 2. The first-order valence-corrected chi connectivity index (χ1v) is 5.52. The van der Waals surface area contributed by atoms with E-state index in [0.29, 0.717) is 0 Å². The first-order valence-electron chi connectivity index (χ1n) is 5.52. The smallest absolute Gasteiger partial charge is 0.0714 e. The molecular weight excluding hydrogens is 180 g/mol. The van der Waals surface area contributed by atoms with Crippen LogP contribution in [0.2, 0.25) is 0 Å². The van der Waals surface area contributed by atoms with Crippen molar-refractivity contribution in [2.45, 2.75) is 19.8 Å². The molecule has 0 unspecified atom stereocenters. The number of rotatable bonds is 0. The summed E-state index contributed by atoms with van der Waals surface area (Å²) in [5, 5.41) is 0. The van der Waals surface area contributed by atoms with Crippen LogP contribution in [0.5, 0.6) is 0 Å². The monoisotopic (exact) mass is 194 g/mol. The Bertz CT molecular complexity index is 461. The van der Waals surface area contributed by atoms with E-state index in [0.717, 1.165) is 0 Å². The second kappa shape index (κ2) is 3.23. The van der Waals surface area contributed by atoms with E-state index in [9.17, 15) is 0 Å². The van der Waals surface area contributed by atoms with E-state index in [1.54, 1.807) is 0 Å². The van der Waals surface area contributed by atoms with Crippen molar-refractivity contribution in [3.05, 3.63) is 65.0 Å². The first kappa shape index (κ1) is 8.72. The molecule has 0 saturated heterocycles. The minimum absolute atomic E-state index is 1.20. The van der Waals surface area contributed by atoms with Gasteiger partial charge in [0.1, 0.15) is 12.8 Å². The summed E-state index contributed by atoms with van der Waals surface area (Å²) in [6.45, 7) is 2.22. The van der Waals surface area contributed by atoms with Crippen LogP contribution >= 0.6 is 0 Å². The minimum Gasteiger partial charge on any atom is -0.0714 e. The molecule has 0 amide bonds. The van der Waals surface area contributed by atoms with Gasteiger partial charge in [-0.15, -0.1) is 0 Å². The van der Waals surface area contributed by atoms with Crippen LogP contribution in [0.3, 0.4) is 0 Å². The van der Waals surface area contributed by atoms with E-state index in [2.05, 4.69) is 50.1 Å². The predicted octanol–water partition coefficient (Wildman–Crippen LogP) is 3.71. The maximum Gasteiger partial charge on any atom is 0.191 e. The van der Waals surface area contributed by atoms with Crippen molar-refractivity contribution in [1.29, 1.82) is 0 Å². The molecular formula is C15H14+2. The van der Waals surface area contributed by atoms with Gasteiger partial charge in [0.25, 0.3) is 0 Å². The van der Waals surface area contributed by atoms with Gasteiger partial charge in [-0.05, 0) is 25.8 Å². The molecule has 0 fully saturated rings. The molecule has 0 aromatic heterocycles. The predicted molar refractivity (Wildman–Crippen MR) is 64.4 cm³/mol. The van der Waals surface area contributed by atoms with E-state index in [4.69, 9.17) is 0 Å². The Morgan fingerprint density at radius 2 is 1.73 bits per heavy atom. The fraction of sp³-hybridized carbons (Fsp3) is 0.200. The summed E-state index contributed by atoms with van der Waals surface area (Å²) in [5.74, 6) is 0. The molecule has 72 valence electrons. The van der Waals surface area contributed by atoms with E-state index in [1.165, 1.54) is 40.7 Å². The van der Waals surface area contributed by atoms with Gasteiger partial charge in [-0.3, -0.25) is 0 Å². The van der Waals surface area contributed by atoms with Crippen molar-refractivity contribution >= 4 is 6.08 Å². The lowest BCUT2D eigenvalue weighted by molar-refractivity contribution is 0.925. The average molecular weight is 194 g/mol. The molecule has 1 aromatic rings. The van der Waals surface area contributed by atoms with Crippen LogP contribution in [-0.4, -0.2) is 0 Å². The van der Waals surface area contributed by atoms with Crippen molar-refractivity contribution in [3.63, 3.8) is 0 Å². The Hall–Kier alpha value is -1.56. The molecule has 0 bridgehead atoms. The number of hydrogen-bond acceptors (Lipinski definition) is 0. The molecule has 15 heavy (non-hydrogen) atoms. The van der Waals surface area contributed by atoms with Gasteiger partial charge in [0.05, 0.1) is 24.3 Å². The van der Waals surface area contributed by atoms with Crippen LogP contribution in [0.25, 0.3) is 6.08 Å². The Kier molecular flexibility index (Phi) is 1.88. The summed E-state index contributed by atoms with van der Waals surface area (Å²) in [5.41, 5.74) is 7.13. The standard InChI is InChI=1S/C15H14/c1-11-6-7-14-9-12-4-2-3-5-13(12)10-15(14)8-11/h2-5,8-10H,6-7H2,1H3/q+2. The van der Waals surface area contributed by atoms with Gasteiger partial charge in [-0.25, -0.2) is 0 Å². The topological polar surface area (TPSA) is 0 Å². The van der Waals surface area contributed by atoms with Crippen molar-refractivity contribution in [2.75, 3.05) is 0 Å². The molecule has 2 aliphatic rings. The highest BCUT2D eigenvalue weighted by molar-refractivity contribution is 5.64. The van der Waals surface area contributed by atoms with Gasteiger partial charge in [-0.2, -0.15) is 0 Å². The zero-order valence-electron chi connectivity index (χ0n) is 8.96. The largest absolute Gasteiger partial charge is 0.191 e. The second-order valence-corrected chi connectivity index (χ2v) is 4.39. The SMILES string of the molecule is CC1=Cc2cc3c(cc2CC1)[CH+]C=C[CH+]3. The Labute approximate surface area is 91.3 Å². The molecule has 0 radical (unpaired) electrons. The highest BCUT2D eigenvalue weighted by Gasteiger charge is 2.24. The minimum atomic E-state index is 1.20. The average Bonchev–Trinajstić information content (AvgIpc) is 2.26. The molecule has 1 aromatic carbocycles. The van der Waals surface area contributed by atoms with E-state index < -0.39 is 0 Å². The van der Waals surface area contributed by atoms with Crippen LogP contribution < -0.4 is 0 Å². The molecule has 0 spiro atoms. The third-order valence-corrected chi connectivity index (χ3v) is 3.20. The van der Waals surface area contributed by atoms with Gasteiger partial charge < -0.3 is 0 Å². The molecule has 0 atom stereocenters. The molecule has 0 aliphatic heterocycles. The van der Waals surface area contributed by atoms with Gasteiger partial charge >= 0.3 is 0 Å². The van der Waals surface area contributed by atoms with Gasteiger partial charge in [0.2, 0.25) is 0 Å². The van der Waals surface area contributed by atoms with Crippen LogP contribution in [-0.2, 0) is 6.42 Å². The maximum absolute atomic E-state index is 2.34. The van der Waals surface area contributed by atoms with Crippen molar-refractivity contribution < 1.29 is 0 Å². The Morgan fingerprint density at radius 3 is 2.53 bits per heavy atom. The quantitative estimate of drug-likeness (QED) is 0.552. The summed E-state index contributed by atoms with van der Waals surface area (Å²) in [4.78, 5) is 0. The zero-order valence-corrected chi connectivity index (χ0v) is 8.96. The highest BCUT2D eigenvalue weighted by Crippen LogP contribution is 2.29. The molecule has 0 heteroatoms. The number of allylic oxidation sites excluding steroid dienone is 3. The molecule has 0 saturated carbocycles. The van der Waals surface area contributed by atoms with Crippen LogP contribution in [0.4, 0.5) is 0 Å². The van der Waals surface area contributed by atoms with Gasteiger partial charge in [-0.1, -0.05) is 5.57 Å². The normalized spacial score (nSPS) is 17.0. The fourth-order valence-corrected chi connectivity index (χ4v) is 2.33. The summed E-state index contributed by atoms with van der Waals surface area (Å²) in [6, 6.07) is 4.65. The molecule has 2 aliphatic carbocycles. The lowest BCUT2D eigenvalue weighted by Crippen LogP contribution is -2.02. The highest BCUT2D eigenvalue weighted by atomic mass is 14.2. The lowest BCUT2D eigenvalue weighted by Gasteiger charge is -2.11. The van der Waals surface area contributed by atoms with E-state index in [-0.39, 0.29) is 0 Å². The fourth-order valence-electron chi connectivity index (χ4n) is 2.33. The summed E-state index contributed by atoms with van der Waals surface area (Å²) in [6.07, 6.45) is 13.3. The second-order valence-electron chi connectivity index (χ2n) is 4.39. The van der Waals surface area contributed by atoms with Crippen LogP contribution in [0.1, 0.15) is 35.6 Å². The third kappa shape index (κ3) is 1.46. The Morgan fingerprint density at radius 1 is 1.00 bits per heavy atom. The van der Waals surface area contributed by atoms with E-state index >= 15 is 0 Å². The maximum atomic E-state index is 2.34. The summed E-state index contributed by atoms with van der Waals surface area (Å²) < 4.78 is 0. The summed E-state index contributed by atoms with van der Waals surface area (Å²) in [7, 11) is 0. The third-order valence-electron chi connectivity index (χ3n) is 3.20. The molecule has 0 nitrogen and oxygen atoms in total.